The fourth-order valence-electron chi connectivity index (χ4n) is 4.28. The van der Waals surface area contributed by atoms with Gasteiger partial charge < -0.3 is 15.0 Å². The predicted octanol–water partition coefficient (Wildman–Crippen LogP) is 5.77. The Morgan fingerprint density at radius 1 is 0.902 bits per heavy atom. The van der Waals surface area contributed by atoms with Gasteiger partial charge in [-0.3, -0.25) is 13.9 Å². The highest BCUT2D eigenvalue weighted by Crippen LogP contribution is 2.27. The minimum absolute atomic E-state index is 0.0403. The van der Waals surface area contributed by atoms with Gasteiger partial charge in [0, 0.05) is 17.1 Å². The van der Waals surface area contributed by atoms with Crippen LogP contribution in [-0.2, 0) is 26.2 Å². The maximum absolute atomic E-state index is 14.1. The fraction of sp³-hybridized carbons (Fsp3) is 0.355. The van der Waals surface area contributed by atoms with E-state index in [-0.39, 0.29) is 23.4 Å². The van der Waals surface area contributed by atoms with Crippen LogP contribution >= 0.6 is 15.9 Å². The average Bonchev–Trinajstić information content (AvgIpc) is 2.97. The lowest BCUT2D eigenvalue weighted by atomic mass is 10.1. The molecule has 220 valence electrons. The molecule has 3 aromatic rings. The van der Waals surface area contributed by atoms with Crippen LogP contribution in [0.15, 0.2) is 88.2 Å². The van der Waals surface area contributed by atoms with E-state index in [0.717, 1.165) is 20.8 Å². The number of carbonyl (C=O) groups is 2. The molecule has 3 rings (SSSR count). The summed E-state index contributed by atoms with van der Waals surface area (Å²) < 4.78 is 35.3. The van der Waals surface area contributed by atoms with Crippen LogP contribution < -0.4 is 14.4 Å². The smallest absolute Gasteiger partial charge is 0.264 e. The highest BCUT2D eigenvalue weighted by molar-refractivity contribution is 9.10. The zero-order valence-corrected chi connectivity index (χ0v) is 26.3. The normalized spacial score (nSPS) is 12.7. The quantitative estimate of drug-likeness (QED) is 0.241. The molecule has 0 bridgehead atoms. The molecule has 0 heterocycles. The number of ether oxygens (including phenoxy) is 1. The van der Waals surface area contributed by atoms with E-state index in [0.29, 0.717) is 24.5 Å². The van der Waals surface area contributed by atoms with Crippen LogP contribution in [0.1, 0.15) is 46.1 Å². The number of anilines is 1. The van der Waals surface area contributed by atoms with E-state index < -0.39 is 28.5 Å². The predicted molar refractivity (Wildman–Crippen MR) is 165 cm³/mol. The van der Waals surface area contributed by atoms with Crippen molar-refractivity contribution < 1.29 is 22.7 Å². The van der Waals surface area contributed by atoms with Gasteiger partial charge >= 0.3 is 0 Å². The molecule has 8 nitrogen and oxygen atoms in total. The number of benzene rings is 3. The molecule has 0 spiro atoms. The molecule has 0 radical (unpaired) electrons. The van der Waals surface area contributed by atoms with Gasteiger partial charge in [0.05, 0.1) is 17.2 Å². The Bertz CT molecular complexity index is 1380. The second-order valence-corrected chi connectivity index (χ2v) is 12.4. The number of nitrogens with zero attached hydrogens (tertiary/aromatic N) is 2. The molecule has 41 heavy (non-hydrogen) atoms. The summed E-state index contributed by atoms with van der Waals surface area (Å²) in [6, 6.07) is 21.3. The number of halogens is 1. The molecule has 1 N–H and O–H groups in total. The van der Waals surface area contributed by atoms with Crippen molar-refractivity contribution in [3.8, 4) is 5.75 Å². The molecule has 0 aliphatic rings. The molecule has 0 unspecified atom stereocenters. The van der Waals surface area contributed by atoms with Gasteiger partial charge in [-0.1, -0.05) is 60.1 Å². The average molecular weight is 645 g/mol. The lowest BCUT2D eigenvalue weighted by Crippen LogP contribution is -2.53. The SMILES string of the molecule is CCOc1ccc(N(CC(=O)N(Cc2ccccc2)[C@@H](CC)C(=O)N[C@H](C)CC)S(=O)(=O)c2ccc(Br)cc2)cc1. The van der Waals surface area contributed by atoms with Crippen molar-refractivity contribution in [3.63, 3.8) is 0 Å². The second kappa shape index (κ2) is 15.0. The Morgan fingerprint density at radius 3 is 2.10 bits per heavy atom. The van der Waals surface area contributed by atoms with Crippen molar-refractivity contribution in [2.45, 2.75) is 64.1 Å². The summed E-state index contributed by atoms with van der Waals surface area (Å²) in [5.74, 6) is -0.175. The Kier molecular flexibility index (Phi) is 11.8. The van der Waals surface area contributed by atoms with Crippen LogP contribution in [0.2, 0.25) is 0 Å². The number of hydrogen-bond acceptors (Lipinski definition) is 5. The number of amides is 2. The second-order valence-electron chi connectivity index (χ2n) is 9.64. The van der Waals surface area contributed by atoms with E-state index in [1.165, 1.54) is 17.0 Å². The van der Waals surface area contributed by atoms with E-state index in [9.17, 15) is 18.0 Å². The summed E-state index contributed by atoms with van der Waals surface area (Å²) in [5, 5.41) is 2.98. The molecule has 0 aliphatic heterocycles. The van der Waals surface area contributed by atoms with Gasteiger partial charge in [-0.05, 0) is 80.8 Å². The van der Waals surface area contributed by atoms with Crippen LogP contribution in [-0.4, -0.2) is 50.4 Å². The summed E-state index contributed by atoms with van der Waals surface area (Å²) >= 11 is 3.35. The Balaban J connectivity index is 2.04. The van der Waals surface area contributed by atoms with Crippen molar-refractivity contribution in [3.05, 3.63) is 88.9 Å². The Morgan fingerprint density at radius 2 is 1.54 bits per heavy atom. The van der Waals surface area contributed by atoms with Gasteiger partial charge in [0.15, 0.2) is 0 Å². The molecule has 0 aliphatic carbocycles. The maximum atomic E-state index is 14.1. The lowest BCUT2D eigenvalue weighted by Gasteiger charge is -2.33. The third-order valence-corrected chi connectivity index (χ3v) is 9.02. The Hall–Kier alpha value is -3.37. The fourth-order valence-corrected chi connectivity index (χ4v) is 5.96. The Labute approximate surface area is 251 Å². The first-order valence-electron chi connectivity index (χ1n) is 13.8. The summed E-state index contributed by atoms with van der Waals surface area (Å²) in [6.45, 7) is 7.71. The molecule has 0 saturated carbocycles. The first kappa shape index (κ1) is 32.1. The standard InChI is InChI=1S/C31H38BrN3O5S/c1-5-23(4)33-31(37)29(6-2)34(21-24-11-9-8-10-12-24)30(36)22-35(26-15-17-27(18-16-26)40-7-3)41(38,39)28-19-13-25(32)14-20-28/h8-20,23,29H,5-7,21-22H2,1-4H3,(H,33,37)/t23-,29+/m1/s1. The lowest BCUT2D eigenvalue weighted by molar-refractivity contribution is -0.140. The number of nitrogens with one attached hydrogen (secondary N) is 1. The van der Waals surface area contributed by atoms with Gasteiger partial charge in [0.2, 0.25) is 11.8 Å². The number of carbonyl (C=O) groups excluding carboxylic acids is 2. The minimum Gasteiger partial charge on any atom is -0.494 e. The van der Waals surface area contributed by atoms with E-state index in [1.54, 1.807) is 36.4 Å². The minimum atomic E-state index is -4.15. The summed E-state index contributed by atoms with van der Waals surface area (Å²) in [6.07, 6.45) is 1.11. The molecule has 0 fully saturated rings. The molecular formula is C31H38BrN3O5S. The van der Waals surface area contributed by atoms with Crippen molar-refractivity contribution >= 4 is 43.5 Å². The van der Waals surface area contributed by atoms with Crippen LogP contribution in [0, 0.1) is 0 Å². The monoisotopic (exact) mass is 643 g/mol. The third kappa shape index (κ3) is 8.56. The molecule has 3 aromatic carbocycles. The summed E-state index contributed by atoms with van der Waals surface area (Å²) in [7, 11) is -4.15. The van der Waals surface area contributed by atoms with Gasteiger partial charge in [-0.2, -0.15) is 0 Å². The topological polar surface area (TPSA) is 96.0 Å². The van der Waals surface area contributed by atoms with Gasteiger partial charge in [-0.25, -0.2) is 8.42 Å². The number of sulfonamides is 1. The summed E-state index contributed by atoms with van der Waals surface area (Å²) in [5.41, 5.74) is 1.14. The molecule has 0 saturated heterocycles. The van der Waals surface area contributed by atoms with Gasteiger partial charge in [0.25, 0.3) is 10.0 Å². The van der Waals surface area contributed by atoms with Crippen LogP contribution in [0.4, 0.5) is 5.69 Å². The van der Waals surface area contributed by atoms with Crippen molar-refractivity contribution in [1.29, 1.82) is 0 Å². The van der Waals surface area contributed by atoms with Crippen LogP contribution in [0.3, 0.4) is 0 Å². The molecule has 10 heteroatoms. The van der Waals surface area contributed by atoms with Crippen molar-refractivity contribution in [1.82, 2.24) is 10.2 Å². The highest BCUT2D eigenvalue weighted by atomic mass is 79.9. The zero-order chi connectivity index (χ0) is 30.0. The largest absolute Gasteiger partial charge is 0.494 e. The number of hydrogen-bond donors (Lipinski definition) is 1. The van der Waals surface area contributed by atoms with E-state index in [4.69, 9.17) is 4.74 Å². The molecule has 0 aromatic heterocycles. The zero-order valence-electron chi connectivity index (χ0n) is 23.9. The maximum Gasteiger partial charge on any atom is 0.264 e. The van der Waals surface area contributed by atoms with E-state index in [2.05, 4.69) is 21.2 Å². The first-order chi connectivity index (χ1) is 19.6. The summed E-state index contributed by atoms with van der Waals surface area (Å²) in [4.78, 5) is 28.9. The highest BCUT2D eigenvalue weighted by Gasteiger charge is 2.34. The first-order valence-corrected chi connectivity index (χ1v) is 16.0. The molecule has 2 atom stereocenters. The van der Waals surface area contributed by atoms with Gasteiger partial charge in [0.1, 0.15) is 18.3 Å². The van der Waals surface area contributed by atoms with E-state index >= 15 is 0 Å². The van der Waals surface area contributed by atoms with Crippen LogP contribution in [0.5, 0.6) is 5.75 Å². The van der Waals surface area contributed by atoms with Gasteiger partial charge in [-0.15, -0.1) is 0 Å². The molecule has 2 amide bonds. The van der Waals surface area contributed by atoms with Crippen LogP contribution in [0.25, 0.3) is 0 Å². The van der Waals surface area contributed by atoms with Crippen molar-refractivity contribution in [2.75, 3.05) is 17.5 Å². The van der Waals surface area contributed by atoms with Crippen molar-refractivity contribution in [2.24, 2.45) is 0 Å². The molecular weight excluding hydrogens is 606 g/mol. The number of rotatable bonds is 14. The van der Waals surface area contributed by atoms with E-state index in [1.807, 2.05) is 58.0 Å². The third-order valence-electron chi connectivity index (χ3n) is 6.70.